The van der Waals surface area contributed by atoms with E-state index in [4.69, 9.17) is 30.5 Å². The van der Waals surface area contributed by atoms with Crippen LogP contribution in [0.4, 0.5) is 0 Å². The Morgan fingerprint density at radius 3 is 2.38 bits per heavy atom. The maximum atomic E-state index is 12.9. The summed E-state index contributed by atoms with van der Waals surface area (Å²) < 4.78 is 22.1. The number of ether oxygens (including phenoxy) is 4. The van der Waals surface area contributed by atoms with Crippen LogP contribution in [0, 0.1) is 0 Å². The van der Waals surface area contributed by atoms with Gasteiger partial charge < -0.3 is 24.3 Å². The maximum Gasteiger partial charge on any atom is 0.328 e. The van der Waals surface area contributed by atoms with Gasteiger partial charge in [-0.2, -0.15) is 0 Å². The number of aromatic nitrogens is 1. The number of rotatable bonds is 10. The third kappa shape index (κ3) is 7.44. The van der Waals surface area contributed by atoms with Crippen LogP contribution in [0.5, 0.6) is 17.2 Å². The summed E-state index contributed by atoms with van der Waals surface area (Å²) in [6.45, 7) is 4.34. The number of nitrogens with zero attached hydrogens (tertiary/aromatic N) is 1. The molecule has 0 saturated heterocycles. The summed E-state index contributed by atoms with van der Waals surface area (Å²) in [5.74, 6) is -1.61. The molecule has 1 aromatic heterocycles. The van der Waals surface area contributed by atoms with Crippen molar-refractivity contribution in [3.8, 4) is 17.2 Å². The first-order chi connectivity index (χ1) is 17.7. The molecular weight excluding hydrogens is 500 g/mol. The lowest BCUT2D eigenvalue weighted by atomic mass is 10.0. The van der Waals surface area contributed by atoms with Gasteiger partial charge in [-0.05, 0) is 37.6 Å². The van der Waals surface area contributed by atoms with E-state index in [0.29, 0.717) is 10.8 Å². The maximum absolute atomic E-state index is 12.9. The van der Waals surface area contributed by atoms with E-state index in [1.165, 1.54) is 33.2 Å². The quantitative estimate of drug-likeness (QED) is 0.383. The number of nitrogens with one attached hydrogen (secondary N) is 1. The van der Waals surface area contributed by atoms with E-state index in [-0.39, 0.29) is 17.2 Å². The molecule has 0 bridgehead atoms. The Morgan fingerprint density at radius 1 is 1.00 bits per heavy atom. The largest absolute Gasteiger partial charge is 0.493 e. The molecule has 9 nitrogen and oxygen atoms in total. The first-order valence-corrected chi connectivity index (χ1v) is 11.8. The topological polar surface area (TPSA) is 113 Å². The van der Waals surface area contributed by atoms with Crippen LogP contribution in [0.25, 0.3) is 0 Å². The molecule has 10 heteroatoms. The second-order valence-electron chi connectivity index (χ2n) is 8.03. The Kier molecular flexibility index (Phi) is 9.45. The molecule has 0 aliphatic carbocycles. The molecule has 0 saturated carbocycles. The van der Waals surface area contributed by atoms with Crippen molar-refractivity contribution in [2.24, 2.45) is 0 Å². The Bertz CT molecular complexity index is 1250. The second kappa shape index (κ2) is 12.7. The highest BCUT2D eigenvalue weighted by Gasteiger charge is 2.29. The predicted octanol–water partition coefficient (Wildman–Crippen LogP) is 4.54. The monoisotopic (exact) mass is 526 g/mol. The van der Waals surface area contributed by atoms with E-state index in [2.05, 4.69) is 10.3 Å². The van der Waals surface area contributed by atoms with E-state index >= 15 is 0 Å². The third-order valence-corrected chi connectivity index (χ3v) is 5.40. The number of amides is 1. The standard InChI is InChI=1S/C27H27ClN2O7/c1-16(30-26(32)23-25(36-18(3)31)22(34-4)13-14-29-23)27(33)35-17(2)24(19-9-6-5-7-10-19)37-21-12-8-11-20(28)15-21/h5-17,24H,1-4H3,(H,30,32)/t16-,17-,24-/m0/s1. The van der Waals surface area contributed by atoms with Gasteiger partial charge in [0.2, 0.25) is 5.75 Å². The first-order valence-electron chi connectivity index (χ1n) is 11.4. The number of carbonyl (C=O) groups is 3. The third-order valence-electron chi connectivity index (χ3n) is 5.17. The summed E-state index contributed by atoms with van der Waals surface area (Å²) >= 11 is 6.09. The normalized spacial score (nSPS) is 13.0. The number of esters is 2. The number of methoxy groups -OCH3 is 1. The number of hydrogen-bond donors (Lipinski definition) is 1. The number of benzene rings is 2. The highest BCUT2D eigenvalue weighted by Crippen LogP contribution is 2.30. The van der Waals surface area contributed by atoms with Crippen LogP contribution < -0.4 is 19.5 Å². The Morgan fingerprint density at radius 2 is 1.73 bits per heavy atom. The molecule has 1 N–H and O–H groups in total. The molecule has 2 aromatic carbocycles. The van der Waals surface area contributed by atoms with Gasteiger partial charge in [-0.3, -0.25) is 9.59 Å². The van der Waals surface area contributed by atoms with Crippen molar-refractivity contribution in [2.75, 3.05) is 7.11 Å². The number of halogens is 1. The van der Waals surface area contributed by atoms with Crippen molar-refractivity contribution >= 4 is 29.4 Å². The second-order valence-corrected chi connectivity index (χ2v) is 8.46. The van der Waals surface area contributed by atoms with Gasteiger partial charge in [-0.25, -0.2) is 9.78 Å². The molecule has 3 aromatic rings. The Labute approximate surface area is 219 Å². The van der Waals surface area contributed by atoms with Crippen LogP contribution in [-0.4, -0.2) is 42.1 Å². The van der Waals surface area contributed by atoms with Gasteiger partial charge >= 0.3 is 11.9 Å². The summed E-state index contributed by atoms with van der Waals surface area (Å²) in [5, 5.41) is 3.03. The molecule has 0 aliphatic heterocycles. The van der Waals surface area contributed by atoms with Crippen molar-refractivity contribution < 1.29 is 33.3 Å². The lowest BCUT2D eigenvalue weighted by Crippen LogP contribution is -2.42. The Balaban J connectivity index is 1.74. The first kappa shape index (κ1) is 27.5. The van der Waals surface area contributed by atoms with Crippen molar-refractivity contribution in [3.05, 3.63) is 83.1 Å². The van der Waals surface area contributed by atoms with Crippen LogP contribution in [0.1, 0.15) is 42.9 Å². The van der Waals surface area contributed by atoms with Crippen molar-refractivity contribution in [1.29, 1.82) is 0 Å². The molecule has 0 unspecified atom stereocenters. The summed E-state index contributed by atoms with van der Waals surface area (Å²) in [6.07, 6.45) is -0.0643. The van der Waals surface area contributed by atoms with Crippen LogP contribution in [0.2, 0.25) is 5.02 Å². The fourth-order valence-corrected chi connectivity index (χ4v) is 3.61. The lowest BCUT2D eigenvalue weighted by molar-refractivity contribution is -0.154. The predicted molar refractivity (Wildman–Crippen MR) is 136 cm³/mol. The van der Waals surface area contributed by atoms with E-state index < -0.39 is 36.1 Å². The van der Waals surface area contributed by atoms with Crippen LogP contribution in [-0.2, 0) is 14.3 Å². The zero-order chi connectivity index (χ0) is 26.9. The van der Waals surface area contributed by atoms with Crippen LogP contribution in [0.15, 0.2) is 66.9 Å². The van der Waals surface area contributed by atoms with Crippen LogP contribution in [0.3, 0.4) is 0 Å². The number of pyridine rings is 1. The number of carbonyl (C=O) groups excluding carboxylic acids is 3. The molecule has 3 rings (SSSR count). The molecule has 0 spiro atoms. The molecule has 0 aliphatic rings. The zero-order valence-corrected chi connectivity index (χ0v) is 21.5. The molecule has 0 radical (unpaired) electrons. The molecular formula is C27H27ClN2O7. The highest BCUT2D eigenvalue weighted by molar-refractivity contribution is 6.30. The summed E-state index contributed by atoms with van der Waals surface area (Å²) in [7, 11) is 1.36. The van der Waals surface area contributed by atoms with Crippen molar-refractivity contribution in [1.82, 2.24) is 10.3 Å². The van der Waals surface area contributed by atoms with Gasteiger partial charge in [-0.1, -0.05) is 48.0 Å². The van der Waals surface area contributed by atoms with Crippen molar-refractivity contribution in [2.45, 2.75) is 39.0 Å². The smallest absolute Gasteiger partial charge is 0.328 e. The summed E-state index contributed by atoms with van der Waals surface area (Å²) in [4.78, 5) is 41.3. The zero-order valence-electron chi connectivity index (χ0n) is 20.8. The lowest BCUT2D eigenvalue weighted by Gasteiger charge is -2.27. The van der Waals surface area contributed by atoms with Crippen molar-refractivity contribution in [3.63, 3.8) is 0 Å². The SMILES string of the molecule is COc1ccnc(C(=O)N[C@@H](C)C(=O)O[C@@H](C)[C@H](Oc2cccc(Cl)c2)c2ccccc2)c1OC(C)=O. The van der Waals surface area contributed by atoms with Gasteiger partial charge in [0.15, 0.2) is 17.5 Å². The molecule has 37 heavy (non-hydrogen) atoms. The van der Waals surface area contributed by atoms with Crippen LogP contribution >= 0.6 is 11.6 Å². The van der Waals surface area contributed by atoms with Gasteiger partial charge in [0.25, 0.3) is 5.91 Å². The van der Waals surface area contributed by atoms with Gasteiger partial charge in [0.05, 0.1) is 7.11 Å². The average molecular weight is 527 g/mol. The minimum absolute atomic E-state index is 0.142. The van der Waals surface area contributed by atoms with E-state index in [1.807, 2.05) is 30.3 Å². The molecule has 194 valence electrons. The van der Waals surface area contributed by atoms with Gasteiger partial charge in [0, 0.05) is 24.2 Å². The fraction of sp³-hybridized carbons (Fsp3) is 0.259. The van der Waals surface area contributed by atoms with E-state index in [1.54, 1.807) is 31.2 Å². The van der Waals surface area contributed by atoms with E-state index in [9.17, 15) is 14.4 Å². The molecule has 1 heterocycles. The summed E-state index contributed by atoms with van der Waals surface area (Å²) in [6, 6.07) is 16.6. The van der Waals surface area contributed by atoms with Gasteiger partial charge in [0.1, 0.15) is 17.9 Å². The highest BCUT2D eigenvalue weighted by atomic mass is 35.5. The Hall–Kier alpha value is -4.11. The molecule has 1 amide bonds. The minimum atomic E-state index is -1.06. The van der Waals surface area contributed by atoms with Gasteiger partial charge in [-0.15, -0.1) is 0 Å². The fourth-order valence-electron chi connectivity index (χ4n) is 3.43. The average Bonchev–Trinajstić information content (AvgIpc) is 2.87. The molecule has 3 atom stereocenters. The summed E-state index contributed by atoms with van der Waals surface area (Å²) in [5.41, 5.74) is 0.569. The minimum Gasteiger partial charge on any atom is -0.493 e. The number of hydrogen-bond acceptors (Lipinski definition) is 8. The molecule has 0 fully saturated rings. The van der Waals surface area contributed by atoms with E-state index in [0.717, 1.165) is 5.56 Å².